The third-order valence-corrected chi connectivity index (χ3v) is 2.35. The second-order valence-electron chi connectivity index (χ2n) is 2.16. The number of hydrogen-bond acceptors (Lipinski definition) is 4. The lowest BCUT2D eigenvalue weighted by Crippen LogP contribution is -2.00. The van der Waals surface area contributed by atoms with Crippen LogP contribution in [0.4, 0.5) is 3.89 Å². The lowest BCUT2D eigenvalue weighted by atomic mass is 10.3. The van der Waals surface area contributed by atoms with Gasteiger partial charge in [0.05, 0.1) is 0 Å². The van der Waals surface area contributed by atoms with Gasteiger partial charge in [0.2, 0.25) is 0 Å². The van der Waals surface area contributed by atoms with E-state index in [2.05, 4.69) is 4.18 Å². The van der Waals surface area contributed by atoms with Gasteiger partial charge >= 0.3 is 10.5 Å². The molecule has 0 N–H and O–H groups in total. The van der Waals surface area contributed by atoms with Gasteiger partial charge in [-0.1, -0.05) is 9.95 Å². The van der Waals surface area contributed by atoms with Crippen molar-refractivity contribution in [2.24, 2.45) is 0 Å². The summed E-state index contributed by atoms with van der Waals surface area (Å²) in [6.07, 6.45) is 1.82. The topological polar surface area (TPSA) is 43.4 Å². The quantitative estimate of drug-likeness (QED) is 0.579. The highest BCUT2D eigenvalue weighted by Gasteiger charge is 2.09. The third kappa shape index (κ3) is 3.65. The second kappa shape index (κ2) is 3.97. The Hall–Kier alpha value is -0.750. The van der Waals surface area contributed by atoms with Gasteiger partial charge < -0.3 is 4.18 Å². The number of thioether (sulfide) groups is 1. The average molecular weight is 222 g/mol. The molecule has 72 valence electrons. The van der Waals surface area contributed by atoms with Crippen molar-refractivity contribution in [2.45, 2.75) is 4.90 Å². The number of halogens is 1. The molecule has 1 aromatic carbocycles. The van der Waals surface area contributed by atoms with E-state index in [9.17, 15) is 12.3 Å². The van der Waals surface area contributed by atoms with Gasteiger partial charge in [0.15, 0.2) is 0 Å². The van der Waals surface area contributed by atoms with Crippen molar-refractivity contribution in [3.8, 4) is 5.75 Å². The maximum Gasteiger partial charge on any atom is 0.488 e. The summed E-state index contributed by atoms with van der Waals surface area (Å²) in [6.45, 7) is 0. The Morgan fingerprint density at radius 1 is 1.46 bits per heavy atom. The molecular formula is C7H7FO3S2. The van der Waals surface area contributed by atoms with Crippen molar-refractivity contribution >= 4 is 22.3 Å². The molecule has 0 aliphatic heterocycles. The smallest absolute Gasteiger partial charge is 0.358 e. The molecule has 0 aliphatic carbocycles. The molecule has 0 atom stereocenters. The molecule has 0 radical (unpaired) electrons. The molecule has 1 aromatic rings. The van der Waals surface area contributed by atoms with E-state index in [0.717, 1.165) is 4.90 Å². The molecule has 3 nitrogen and oxygen atoms in total. The monoisotopic (exact) mass is 222 g/mol. The van der Waals surface area contributed by atoms with Crippen molar-refractivity contribution in [2.75, 3.05) is 6.26 Å². The van der Waals surface area contributed by atoms with Crippen LogP contribution in [0.5, 0.6) is 5.75 Å². The first-order valence-corrected chi connectivity index (χ1v) is 5.83. The Balaban J connectivity index is 2.90. The van der Waals surface area contributed by atoms with Gasteiger partial charge in [0, 0.05) is 4.90 Å². The highest BCUT2D eigenvalue weighted by atomic mass is 32.3. The molecular weight excluding hydrogens is 215 g/mol. The van der Waals surface area contributed by atoms with Gasteiger partial charge in [-0.15, -0.1) is 11.8 Å². The highest BCUT2D eigenvalue weighted by molar-refractivity contribution is 7.98. The summed E-state index contributed by atoms with van der Waals surface area (Å²) in [5.41, 5.74) is 0. The van der Waals surface area contributed by atoms with Crippen molar-refractivity contribution in [1.29, 1.82) is 0 Å². The Morgan fingerprint density at radius 2 is 2.15 bits per heavy atom. The van der Waals surface area contributed by atoms with E-state index in [1.54, 1.807) is 12.1 Å². The summed E-state index contributed by atoms with van der Waals surface area (Å²) >= 11 is 1.41. The van der Waals surface area contributed by atoms with E-state index in [1.807, 2.05) is 6.26 Å². The van der Waals surface area contributed by atoms with Gasteiger partial charge in [0.1, 0.15) is 5.75 Å². The average Bonchev–Trinajstić information content (AvgIpc) is 2.01. The maximum atomic E-state index is 12.1. The Morgan fingerprint density at radius 3 is 2.69 bits per heavy atom. The Bertz CT molecular complexity index is 388. The molecule has 0 aromatic heterocycles. The van der Waals surface area contributed by atoms with Crippen molar-refractivity contribution in [3.05, 3.63) is 24.3 Å². The van der Waals surface area contributed by atoms with Crippen LogP contribution in [0.1, 0.15) is 0 Å². The lowest BCUT2D eigenvalue weighted by molar-refractivity contribution is 0.439. The summed E-state index contributed by atoms with van der Waals surface area (Å²) in [7, 11) is -4.91. The van der Waals surface area contributed by atoms with E-state index < -0.39 is 10.5 Å². The normalized spacial score (nSPS) is 11.2. The fraction of sp³-hybridized carbons (Fsp3) is 0.143. The predicted molar refractivity (Wildman–Crippen MR) is 48.9 cm³/mol. The van der Waals surface area contributed by atoms with Gasteiger partial charge in [-0.2, -0.15) is 8.42 Å². The zero-order valence-electron chi connectivity index (χ0n) is 6.73. The van der Waals surface area contributed by atoms with E-state index in [4.69, 9.17) is 0 Å². The van der Waals surface area contributed by atoms with Gasteiger partial charge in [-0.05, 0) is 24.5 Å². The first-order valence-electron chi connectivity index (χ1n) is 3.29. The van der Waals surface area contributed by atoms with Crippen molar-refractivity contribution in [1.82, 2.24) is 0 Å². The predicted octanol–water partition coefficient (Wildman–Crippen LogP) is 2.00. The Kier molecular flexibility index (Phi) is 3.16. The molecule has 0 saturated carbocycles. The second-order valence-corrected chi connectivity index (χ2v) is 3.99. The van der Waals surface area contributed by atoms with Crippen LogP contribution in [-0.2, 0) is 10.5 Å². The summed E-state index contributed by atoms with van der Waals surface area (Å²) in [5, 5.41) is 0. The SMILES string of the molecule is CSc1cccc(OS(=O)(=O)F)c1. The number of hydrogen-bond donors (Lipinski definition) is 0. The summed E-state index contributed by atoms with van der Waals surface area (Å²) in [4.78, 5) is 0.807. The standard InChI is InChI=1S/C7H7FO3S2/c1-12-7-4-2-3-6(5-7)11-13(8,9)10/h2-5H,1H3. The fourth-order valence-electron chi connectivity index (χ4n) is 0.768. The van der Waals surface area contributed by atoms with Crippen LogP contribution >= 0.6 is 11.8 Å². The minimum absolute atomic E-state index is 0.0191. The van der Waals surface area contributed by atoms with Gasteiger partial charge in [0.25, 0.3) is 0 Å². The largest absolute Gasteiger partial charge is 0.488 e. The molecule has 0 spiro atoms. The maximum absolute atomic E-state index is 12.1. The number of rotatable bonds is 3. The van der Waals surface area contributed by atoms with Crippen molar-refractivity contribution in [3.63, 3.8) is 0 Å². The summed E-state index contributed by atoms with van der Waals surface area (Å²) < 4.78 is 36.3. The van der Waals surface area contributed by atoms with Crippen molar-refractivity contribution < 1.29 is 16.5 Å². The van der Waals surface area contributed by atoms with Crippen LogP contribution in [0.25, 0.3) is 0 Å². The van der Waals surface area contributed by atoms with Gasteiger partial charge in [-0.3, -0.25) is 0 Å². The molecule has 1 rings (SSSR count). The number of benzene rings is 1. The fourth-order valence-corrected chi connectivity index (χ4v) is 1.55. The van der Waals surface area contributed by atoms with Gasteiger partial charge in [-0.25, -0.2) is 0 Å². The molecule has 0 saturated heterocycles. The van der Waals surface area contributed by atoms with E-state index in [-0.39, 0.29) is 5.75 Å². The Labute approximate surface area is 80.3 Å². The first kappa shape index (κ1) is 10.3. The molecule has 0 bridgehead atoms. The highest BCUT2D eigenvalue weighted by Crippen LogP contribution is 2.21. The van der Waals surface area contributed by atoms with E-state index >= 15 is 0 Å². The summed E-state index contributed by atoms with van der Waals surface area (Å²) in [6, 6.07) is 6.17. The molecule has 0 aliphatic rings. The van der Waals surface area contributed by atoms with E-state index in [1.165, 1.54) is 23.9 Å². The molecule has 0 amide bonds. The van der Waals surface area contributed by atoms with Crippen LogP contribution in [0.2, 0.25) is 0 Å². The lowest BCUT2D eigenvalue weighted by Gasteiger charge is -2.00. The molecule has 13 heavy (non-hydrogen) atoms. The minimum Gasteiger partial charge on any atom is -0.358 e. The minimum atomic E-state index is -4.91. The first-order chi connectivity index (χ1) is 6.01. The molecule has 0 heterocycles. The zero-order chi connectivity index (χ0) is 9.90. The molecule has 0 unspecified atom stereocenters. The molecule has 0 fully saturated rings. The molecule has 6 heteroatoms. The van der Waals surface area contributed by atoms with Crippen LogP contribution in [0, 0.1) is 0 Å². The zero-order valence-corrected chi connectivity index (χ0v) is 8.36. The van der Waals surface area contributed by atoms with E-state index in [0.29, 0.717) is 0 Å². The van der Waals surface area contributed by atoms with Crippen LogP contribution < -0.4 is 4.18 Å². The van der Waals surface area contributed by atoms with Crippen LogP contribution in [0.3, 0.4) is 0 Å². The summed E-state index contributed by atoms with van der Waals surface area (Å²) in [5.74, 6) is -0.0191. The van der Waals surface area contributed by atoms with Crippen LogP contribution in [0.15, 0.2) is 29.2 Å². The van der Waals surface area contributed by atoms with Crippen LogP contribution in [-0.4, -0.2) is 14.7 Å². The third-order valence-electron chi connectivity index (χ3n) is 1.24.